The molecule has 0 spiro atoms. The lowest BCUT2D eigenvalue weighted by Gasteiger charge is -2.17. The van der Waals surface area contributed by atoms with Crippen LogP contribution in [0.1, 0.15) is 26.3 Å². The summed E-state index contributed by atoms with van der Waals surface area (Å²) in [5, 5.41) is 3.33. The molecule has 5 nitrogen and oxygen atoms in total. The minimum Gasteiger partial charge on any atom is -0.493 e. The first-order chi connectivity index (χ1) is 10.2. The smallest absolute Gasteiger partial charge is 0.169 e. The van der Waals surface area contributed by atoms with Gasteiger partial charge in [-0.2, -0.15) is 0 Å². The SMILES string of the molecule is CCOc1ccc(CNCC(OCC)OCC)cc1OC. The fraction of sp³-hybridized carbons (Fsp3) is 0.625. The van der Waals surface area contributed by atoms with Crippen LogP contribution < -0.4 is 14.8 Å². The summed E-state index contributed by atoms with van der Waals surface area (Å²) in [6.07, 6.45) is -0.204. The fourth-order valence-corrected chi connectivity index (χ4v) is 1.97. The van der Waals surface area contributed by atoms with Crippen LogP contribution in [0, 0.1) is 0 Å². The van der Waals surface area contributed by atoms with Gasteiger partial charge in [-0.05, 0) is 38.5 Å². The van der Waals surface area contributed by atoms with Crippen molar-refractivity contribution in [1.29, 1.82) is 0 Å². The molecular weight excluding hydrogens is 270 g/mol. The summed E-state index contributed by atoms with van der Waals surface area (Å²) in [5.41, 5.74) is 1.13. The van der Waals surface area contributed by atoms with Crippen molar-refractivity contribution < 1.29 is 18.9 Å². The van der Waals surface area contributed by atoms with Gasteiger partial charge in [0.15, 0.2) is 17.8 Å². The quantitative estimate of drug-likeness (QED) is 0.636. The van der Waals surface area contributed by atoms with Gasteiger partial charge in [0.2, 0.25) is 0 Å². The molecule has 0 bridgehead atoms. The maximum absolute atomic E-state index is 5.50. The van der Waals surface area contributed by atoms with Crippen LogP contribution in [-0.4, -0.2) is 39.8 Å². The van der Waals surface area contributed by atoms with Crippen LogP contribution in [0.15, 0.2) is 18.2 Å². The molecule has 0 saturated heterocycles. The first-order valence-electron chi connectivity index (χ1n) is 7.48. The maximum atomic E-state index is 5.50. The largest absolute Gasteiger partial charge is 0.493 e. The Kier molecular flexibility index (Phi) is 8.82. The predicted molar refractivity (Wildman–Crippen MR) is 82.9 cm³/mol. The third kappa shape index (κ3) is 6.33. The van der Waals surface area contributed by atoms with E-state index < -0.39 is 0 Å². The average Bonchev–Trinajstić information content (AvgIpc) is 2.49. The summed E-state index contributed by atoms with van der Waals surface area (Å²) in [6, 6.07) is 5.94. The Morgan fingerprint density at radius 1 is 1.00 bits per heavy atom. The van der Waals surface area contributed by atoms with E-state index in [1.54, 1.807) is 7.11 Å². The standard InChI is InChI=1S/C16H27NO4/c1-5-19-14-9-8-13(10-15(14)18-4)11-17-12-16(20-6-2)21-7-3/h8-10,16-17H,5-7,11-12H2,1-4H3. The summed E-state index contributed by atoms with van der Waals surface area (Å²) in [4.78, 5) is 0. The second-order valence-corrected chi connectivity index (χ2v) is 4.39. The van der Waals surface area contributed by atoms with Gasteiger partial charge in [0.25, 0.3) is 0 Å². The molecule has 1 aromatic rings. The van der Waals surface area contributed by atoms with Crippen LogP contribution in [0.25, 0.3) is 0 Å². The highest BCUT2D eigenvalue weighted by Gasteiger charge is 2.08. The van der Waals surface area contributed by atoms with E-state index >= 15 is 0 Å². The van der Waals surface area contributed by atoms with E-state index in [1.165, 1.54) is 0 Å². The summed E-state index contributed by atoms with van der Waals surface area (Å²) in [7, 11) is 1.65. The van der Waals surface area contributed by atoms with Crippen LogP contribution >= 0.6 is 0 Å². The van der Waals surface area contributed by atoms with Gasteiger partial charge in [-0.1, -0.05) is 6.07 Å². The third-order valence-corrected chi connectivity index (χ3v) is 2.87. The monoisotopic (exact) mass is 297 g/mol. The molecule has 0 aromatic heterocycles. The Balaban J connectivity index is 2.51. The van der Waals surface area contributed by atoms with Crippen molar-refractivity contribution >= 4 is 0 Å². The minimum atomic E-state index is -0.204. The molecule has 1 rings (SSSR count). The lowest BCUT2D eigenvalue weighted by Crippen LogP contribution is -2.31. The van der Waals surface area contributed by atoms with E-state index in [2.05, 4.69) is 5.32 Å². The minimum absolute atomic E-state index is 0.204. The maximum Gasteiger partial charge on any atom is 0.169 e. The van der Waals surface area contributed by atoms with Crippen LogP contribution in [0.5, 0.6) is 11.5 Å². The molecule has 0 saturated carbocycles. The van der Waals surface area contributed by atoms with E-state index in [-0.39, 0.29) is 6.29 Å². The number of ether oxygens (including phenoxy) is 4. The topological polar surface area (TPSA) is 49.0 Å². The molecule has 5 heteroatoms. The number of nitrogens with one attached hydrogen (secondary N) is 1. The number of benzene rings is 1. The highest BCUT2D eigenvalue weighted by molar-refractivity contribution is 5.42. The van der Waals surface area contributed by atoms with Crippen molar-refractivity contribution in [2.45, 2.75) is 33.6 Å². The molecule has 0 unspecified atom stereocenters. The van der Waals surface area contributed by atoms with Gasteiger partial charge in [-0.25, -0.2) is 0 Å². The van der Waals surface area contributed by atoms with Gasteiger partial charge in [0, 0.05) is 26.3 Å². The van der Waals surface area contributed by atoms with Gasteiger partial charge in [0.1, 0.15) is 0 Å². The van der Waals surface area contributed by atoms with E-state index in [9.17, 15) is 0 Å². The molecule has 0 radical (unpaired) electrons. The van der Waals surface area contributed by atoms with Crippen LogP contribution in [0.3, 0.4) is 0 Å². The normalized spacial score (nSPS) is 10.9. The molecular formula is C16H27NO4. The summed E-state index contributed by atoms with van der Waals surface area (Å²) < 4.78 is 21.8. The van der Waals surface area contributed by atoms with Gasteiger partial charge in [-0.3, -0.25) is 0 Å². The Morgan fingerprint density at radius 3 is 2.29 bits per heavy atom. The molecule has 0 aliphatic heterocycles. The highest BCUT2D eigenvalue weighted by atomic mass is 16.7. The van der Waals surface area contributed by atoms with E-state index in [0.717, 1.165) is 23.6 Å². The summed E-state index contributed by atoms with van der Waals surface area (Å²) >= 11 is 0. The number of methoxy groups -OCH3 is 1. The molecule has 0 aliphatic rings. The van der Waals surface area contributed by atoms with Crippen molar-refractivity contribution in [3.63, 3.8) is 0 Å². The second-order valence-electron chi connectivity index (χ2n) is 4.39. The van der Waals surface area contributed by atoms with Crippen molar-refractivity contribution in [1.82, 2.24) is 5.32 Å². The van der Waals surface area contributed by atoms with Gasteiger partial charge < -0.3 is 24.3 Å². The third-order valence-electron chi connectivity index (χ3n) is 2.87. The van der Waals surface area contributed by atoms with Crippen molar-refractivity contribution in [2.24, 2.45) is 0 Å². The van der Waals surface area contributed by atoms with Gasteiger partial charge in [-0.15, -0.1) is 0 Å². The number of hydrogen-bond acceptors (Lipinski definition) is 5. The van der Waals surface area contributed by atoms with E-state index in [4.69, 9.17) is 18.9 Å². The zero-order chi connectivity index (χ0) is 15.5. The predicted octanol–water partition coefficient (Wildman–Crippen LogP) is 2.58. The molecule has 0 aliphatic carbocycles. The Hall–Kier alpha value is -1.30. The first-order valence-corrected chi connectivity index (χ1v) is 7.48. The van der Waals surface area contributed by atoms with Crippen LogP contribution in [-0.2, 0) is 16.0 Å². The molecule has 21 heavy (non-hydrogen) atoms. The molecule has 0 amide bonds. The number of hydrogen-bond donors (Lipinski definition) is 1. The zero-order valence-electron chi connectivity index (χ0n) is 13.5. The molecule has 0 atom stereocenters. The number of rotatable bonds is 11. The molecule has 1 N–H and O–H groups in total. The fourth-order valence-electron chi connectivity index (χ4n) is 1.97. The lowest BCUT2D eigenvalue weighted by molar-refractivity contribution is -0.133. The van der Waals surface area contributed by atoms with E-state index in [1.807, 2.05) is 39.0 Å². The Morgan fingerprint density at radius 2 is 1.71 bits per heavy atom. The summed E-state index contributed by atoms with van der Waals surface area (Å²) in [5.74, 6) is 1.52. The van der Waals surface area contributed by atoms with Crippen molar-refractivity contribution in [2.75, 3.05) is 33.5 Å². The van der Waals surface area contributed by atoms with Gasteiger partial charge >= 0.3 is 0 Å². The second kappa shape index (κ2) is 10.4. The van der Waals surface area contributed by atoms with Gasteiger partial charge in [0.05, 0.1) is 13.7 Å². The average molecular weight is 297 g/mol. The van der Waals surface area contributed by atoms with E-state index in [0.29, 0.717) is 26.4 Å². The molecule has 0 fully saturated rings. The lowest BCUT2D eigenvalue weighted by atomic mass is 10.2. The van der Waals surface area contributed by atoms with Crippen molar-refractivity contribution in [3.05, 3.63) is 23.8 Å². The van der Waals surface area contributed by atoms with Crippen molar-refractivity contribution in [3.8, 4) is 11.5 Å². The zero-order valence-corrected chi connectivity index (χ0v) is 13.5. The highest BCUT2D eigenvalue weighted by Crippen LogP contribution is 2.27. The molecule has 120 valence electrons. The molecule has 1 aromatic carbocycles. The first kappa shape index (κ1) is 17.8. The van der Waals surface area contributed by atoms with Crippen LogP contribution in [0.4, 0.5) is 0 Å². The van der Waals surface area contributed by atoms with Crippen LogP contribution in [0.2, 0.25) is 0 Å². The molecule has 0 heterocycles. The summed E-state index contributed by atoms with van der Waals surface area (Å²) in [6.45, 7) is 9.16. The Labute approximate surface area is 127 Å². The Bertz CT molecular complexity index is 392.